The van der Waals surface area contributed by atoms with Crippen molar-refractivity contribution in [2.45, 2.75) is 45.5 Å². The largest absolute Gasteiger partial charge is 0.478 e. The fourth-order valence-electron chi connectivity index (χ4n) is 3.40. The van der Waals surface area contributed by atoms with Crippen molar-refractivity contribution in [1.29, 1.82) is 0 Å². The molecule has 190 valence electrons. The number of aliphatic carboxylic acids is 1. The highest BCUT2D eigenvalue weighted by molar-refractivity contribution is 5.93. The van der Waals surface area contributed by atoms with Gasteiger partial charge in [0.2, 0.25) is 0 Å². The maximum absolute atomic E-state index is 12.9. The summed E-state index contributed by atoms with van der Waals surface area (Å²) in [5.74, 6) is -0.178. The van der Waals surface area contributed by atoms with Gasteiger partial charge < -0.3 is 14.7 Å². The lowest BCUT2D eigenvalue weighted by Gasteiger charge is -2.25. The van der Waals surface area contributed by atoms with Gasteiger partial charge in [-0.1, -0.05) is 24.3 Å². The Morgan fingerprint density at radius 2 is 1.56 bits per heavy atom. The monoisotopic (exact) mass is 500 g/mol. The molecule has 0 saturated carbocycles. The van der Waals surface area contributed by atoms with Crippen LogP contribution in [-0.2, 0) is 23.9 Å². The number of carboxylic acids is 1. The van der Waals surface area contributed by atoms with E-state index in [1.165, 1.54) is 39.1 Å². The number of carboxylic acid groups (broad SMARTS) is 1. The molecular weight excluding hydrogens is 473 g/mol. The van der Waals surface area contributed by atoms with Crippen LogP contribution in [0.5, 0.6) is 5.75 Å². The number of hydrogen-bond donors (Lipinski definition) is 1. The summed E-state index contributed by atoms with van der Waals surface area (Å²) in [7, 11) is 0. The molecule has 0 aliphatic rings. The van der Waals surface area contributed by atoms with E-state index in [9.17, 15) is 27.9 Å². The smallest absolute Gasteiger partial charge is 0.416 e. The number of nitrogens with zero attached hydrogens (tertiary/aromatic N) is 2. The molecule has 0 amide bonds. The van der Waals surface area contributed by atoms with E-state index in [2.05, 4.69) is 4.98 Å². The van der Waals surface area contributed by atoms with E-state index in [4.69, 9.17) is 4.74 Å². The van der Waals surface area contributed by atoms with E-state index >= 15 is 0 Å². The number of aromatic nitrogens is 1. The molecule has 2 aromatic carbocycles. The quantitative estimate of drug-likeness (QED) is 0.355. The van der Waals surface area contributed by atoms with Gasteiger partial charge in [0.25, 0.3) is 0 Å². The van der Waals surface area contributed by atoms with E-state index in [1.807, 2.05) is 17.0 Å². The number of carbonyl (C=O) groups is 2. The predicted molar refractivity (Wildman–Crippen MR) is 129 cm³/mol. The Hall–Kier alpha value is -3.88. The van der Waals surface area contributed by atoms with Gasteiger partial charge in [0, 0.05) is 24.8 Å². The van der Waals surface area contributed by atoms with Crippen LogP contribution < -0.4 is 9.64 Å². The van der Waals surface area contributed by atoms with Crippen LogP contribution in [0.4, 0.5) is 19.0 Å². The van der Waals surface area contributed by atoms with Crippen LogP contribution >= 0.6 is 0 Å². The van der Waals surface area contributed by atoms with Crippen LogP contribution in [0.15, 0.2) is 66.9 Å². The zero-order valence-electron chi connectivity index (χ0n) is 20.2. The molecule has 0 aliphatic carbocycles. The molecule has 3 aromatic rings. The second-order valence-corrected chi connectivity index (χ2v) is 8.89. The van der Waals surface area contributed by atoms with Gasteiger partial charge in [-0.3, -0.25) is 4.79 Å². The second-order valence-electron chi connectivity index (χ2n) is 8.89. The Kier molecular flexibility index (Phi) is 8.02. The van der Waals surface area contributed by atoms with Crippen LogP contribution in [0.1, 0.15) is 47.8 Å². The molecule has 0 unspecified atom stereocenters. The first-order valence-corrected chi connectivity index (χ1v) is 11.2. The highest BCUT2D eigenvalue weighted by Crippen LogP contribution is 2.29. The third-order valence-electron chi connectivity index (χ3n) is 5.61. The Morgan fingerprint density at radius 1 is 0.944 bits per heavy atom. The number of alkyl halides is 3. The average Bonchev–Trinajstić information content (AvgIpc) is 2.82. The number of anilines is 1. The number of halogens is 3. The summed E-state index contributed by atoms with van der Waals surface area (Å²) < 4.78 is 44.3. The highest BCUT2D eigenvalue weighted by Gasteiger charge is 2.30. The summed E-state index contributed by atoms with van der Waals surface area (Å²) in [6.07, 6.45) is -2.34. The minimum atomic E-state index is -4.40. The van der Waals surface area contributed by atoms with E-state index in [0.717, 1.165) is 17.7 Å². The summed E-state index contributed by atoms with van der Waals surface area (Å²) in [4.78, 5) is 29.2. The van der Waals surface area contributed by atoms with Crippen molar-refractivity contribution < 1.29 is 32.6 Å². The maximum Gasteiger partial charge on any atom is 0.416 e. The molecule has 1 aromatic heterocycles. The molecule has 0 saturated heterocycles. The molecule has 0 atom stereocenters. The van der Waals surface area contributed by atoms with E-state index in [1.54, 1.807) is 24.3 Å². The lowest BCUT2D eigenvalue weighted by Crippen LogP contribution is -2.37. The zero-order chi connectivity index (χ0) is 26.5. The molecule has 0 bridgehead atoms. The number of hydrogen-bond acceptors (Lipinski definition) is 5. The van der Waals surface area contributed by atoms with Crippen molar-refractivity contribution in [3.63, 3.8) is 0 Å². The lowest BCUT2D eigenvalue weighted by atomic mass is 10.1. The molecular formula is C27H27F3N2O4. The SMILES string of the molecule is CC(=O)c1ccc(N(CCc2ccc(OC(C)(C)C(=O)O)cc2)Cc2ccc(C(F)(F)F)cc2)nc1. The zero-order valence-corrected chi connectivity index (χ0v) is 20.2. The van der Waals surface area contributed by atoms with Crippen LogP contribution in [0.25, 0.3) is 0 Å². The molecule has 9 heteroatoms. The summed E-state index contributed by atoms with van der Waals surface area (Å²) in [6, 6.07) is 15.4. The van der Waals surface area contributed by atoms with Crippen molar-refractivity contribution >= 4 is 17.6 Å². The van der Waals surface area contributed by atoms with Crippen LogP contribution in [0.3, 0.4) is 0 Å². The van der Waals surface area contributed by atoms with Gasteiger partial charge in [0.1, 0.15) is 11.6 Å². The minimum absolute atomic E-state index is 0.114. The first-order valence-electron chi connectivity index (χ1n) is 11.2. The standard InChI is InChI=1S/C27H27F3N2O4/c1-18(33)21-8-13-24(31-16-21)32(17-20-4-9-22(10-5-20)27(28,29)30)15-14-19-6-11-23(12-7-19)36-26(2,3)25(34)35/h4-13,16H,14-15,17H2,1-3H3,(H,34,35). The summed E-state index contributed by atoms with van der Waals surface area (Å²) in [5, 5.41) is 9.22. The fourth-order valence-corrected chi connectivity index (χ4v) is 3.40. The highest BCUT2D eigenvalue weighted by atomic mass is 19.4. The Labute approximate surface area is 207 Å². The van der Waals surface area contributed by atoms with Gasteiger partial charge in [-0.15, -0.1) is 0 Å². The molecule has 1 N–H and O–H groups in total. The third-order valence-corrected chi connectivity index (χ3v) is 5.61. The first kappa shape index (κ1) is 26.7. The van der Waals surface area contributed by atoms with Gasteiger partial charge in [-0.05, 0) is 74.7 Å². The third kappa shape index (κ3) is 7.07. The van der Waals surface area contributed by atoms with Crippen molar-refractivity contribution in [3.05, 3.63) is 89.1 Å². The normalized spacial score (nSPS) is 11.7. The molecule has 0 fully saturated rings. The molecule has 0 radical (unpaired) electrons. The number of rotatable bonds is 10. The number of benzene rings is 2. The van der Waals surface area contributed by atoms with Gasteiger partial charge in [0.05, 0.1) is 5.56 Å². The summed E-state index contributed by atoms with van der Waals surface area (Å²) in [5.41, 5.74) is 0.0223. The fraction of sp³-hybridized carbons (Fsp3) is 0.296. The van der Waals surface area contributed by atoms with Crippen molar-refractivity contribution in [2.24, 2.45) is 0 Å². The molecule has 0 spiro atoms. The minimum Gasteiger partial charge on any atom is -0.478 e. The van der Waals surface area contributed by atoms with Crippen LogP contribution in [-0.4, -0.2) is 34.0 Å². The van der Waals surface area contributed by atoms with Gasteiger partial charge in [0.15, 0.2) is 11.4 Å². The Bertz CT molecular complexity index is 1190. The van der Waals surface area contributed by atoms with Crippen molar-refractivity contribution in [2.75, 3.05) is 11.4 Å². The topological polar surface area (TPSA) is 79.7 Å². The van der Waals surface area contributed by atoms with E-state index < -0.39 is 23.3 Å². The van der Waals surface area contributed by atoms with E-state index in [-0.39, 0.29) is 5.78 Å². The molecule has 0 aliphatic heterocycles. The number of Topliss-reactive ketones (excluding diaryl/α,β-unsaturated/α-hetero) is 1. The predicted octanol–water partition coefficient (Wildman–Crippen LogP) is 5.79. The van der Waals surface area contributed by atoms with Crippen molar-refractivity contribution in [1.82, 2.24) is 4.98 Å². The van der Waals surface area contributed by atoms with Crippen LogP contribution in [0.2, 0.25) is 0 Å². The summed E-state index contributed by atoms with van der Waals surface area (Å²) >= 11 is 0. The Balaban J connectivity index is 1.76. The van der Waals surface area contributed by atoms with Crippen LogP contribution in [0, 0.1) is 0 Å². The molecule has 36 heavy (non-hydrogen) atoms. The second kappa shape index (κ2) is 10.8. The average molecular weight is 501 g/mol. The molecule has 1 heterocycles. The van der Waals surface area contributed by atoms with Crippen molar-refractivity contribution in [3.8, 4) is 5.75 Å². The molecule has 6 nitrogen and oxygen atoms in total. The maximum atomic E-state index is 12.9. The molecule has 3 rings (SSSR count). The number of ketones is 1. The Morgan fingerprint density at radius 3 is 2.06 bits per heavy atom. The first-order chi connectivity index (χ1) is 16.8. The summed E-state index contributed by atoms with van der Waals surface area (Å²) in [6.45, 7) is 5.19. The van der Waals surface area contributed by atoms with E-state index in [0.29, 0.717) is 42.2 Å². The number of ether oxygens (including phenoxy) is 1. The van der Waals surface area contributed by atoms with Gasteiger partial charge in [-0.25, -0.2) is 9.78 Å². The lowest BCUT2D eigenvalue weighted by molar-refractivity contribution is -0.152. The van der Waals surface area contributed by atoms with Gasteiger partial charge >= 0.3 is 12.1 Å². The van der Waals surface area contributed by atoms with Gasteiger partial charge in [-0.2, -0.15) is 13.2 Å². The number of pyridine rings is 1. The number of carbonyl (C=O) groups excluding carboxylic acids is 1.